The number of amides is 1. The van der Waals surface area contributed by atoms with Crippen LogP contribution in [0, 0.1) is 0 Å². The molecule has 0 radical (unpaired) electrons. The molecule has 0 fully saturated rings. The van der Waals surface area contributed by atoms with Gasteiger partial charge in [-0.1, -0.05) is 42.1 Å². The van der Waals surface area contributed by atoms with Gasteiger partial charge < -0.3 is 10.4 Å². The molecule has 2 aromatic heterocycles. The number of benzene rings is 3. The SMILES string of the molecule is CCn1c(=O)n(CC)c2cc(NC(=O)CSc3nnc(-c4ccccc4O)n3-c3ccccc3)ccc21. The normalized spacial score (nSPS) is 11.2. The Hall–Kier alpha value is -4.31. The number of thioether (sulfide) groups is 1. The van der Waals surface area contributed by atoms with E-state index in [0.717, 1.165) is 16.7 Å². The van der Waals surface area contributed by atoms with Gasteiger partial charge in [0.05, 0.1) is 22.3 Å². The van der Waals surface area contributed by atoms with Gasteiger partial charge in [0.25, 0.3) is 0 Å². The largest absolute Gasteiger partial charge is 0.507 e. The van der Waals surface area contributed by atoms with Gasteiger partial charge in [0, 0.05) is 24.5 Å². The van der Waals surface area contributed by atoms with Gasteiger partial charge in [0.2, 0.25) is 5.91 Å². The Morgan fingerprint density at radius 1 is 0.919 bits per heavy atom. The monoisotopic (exact) mass is 514 g/mol. The number of hydrogen-bond donors (Lipinski definition) is 2. The Kier molecular flexibility index (Phi) is 6.82. The average Bonchev–Trinajstić information content (AvgIpc) is 3.45. The highest BCUT2D eigenvalue weighted by Crippen LogP contribution is 2.32. The topological polar surface area (TPSA) is 107 Å². The summed E-state index contributed by atoms with van der Waals surface area (Å²) in [6.45, 7) is 4.99. The summed E-state index contributed by atoms with van der Waals surface area (Å²) in [6, 6.07) is 22.0. The molecule has 0 bridgehead atoms. The number of aryl methyl sites for hydroxylation is 2. The van der Waals surface area contributed by atoms with Crippen molar-refractivity contribution in [3.63, 3.8) is 0 Å². The molecule has 0 aliphatic carbocycles. The zero-order chi connectivity index (χ0) is 25.9. The summed E-state index contributed by atoms with van der Waals surface area (Å²) < 4.78 is 5.25. The van der Waals surface area contributed by atoms with E-state index >= 15 is 0 Å². The maximum absolute atomic E-state index is 12.9. The van der Waals surface area contributed by atoms with Crippen LogP contribution in [0.25, 0.3) is 28.1 Å². The number of imidazole rings is 1. The van der Waals surface area contributed by atoms with Crippen molar-refractivity contribution in [1.29, 1.82) is 0 Å². The smallest absolute Gasteiger partial charge is 0.329 e. The lowest BCUT2D eigenvalue weighted by Crippen LogP contribution is -2.23. The van der Waals surface area contributed by atoms with Crippen LogP contribution in [0.1, 0.15) is 13.8 Å². The van der Waals surface area contributed by atoms with Crippen LogP contribution in [0.4, 0.5) is 5.69 Å². The first-order valence-electron chi connectivity index (χ1n) is 12.0. The molecule has 3 aromatic carbocycles. The third kappa shape index (κ3) is 4.63. The number of nitrogens with one attached hydrogen (secondary N) is 1. The molecule has 5 aromatic rings. The van der Waals surface area contributed by atoms with Crippen LogP contribution in [0.3, 0.4) is 0 Å². The van der Waals surface area contributed by atoms with E-state index in [1.165, 1.54) is 11.8 Å². The number of para-hydroxylation sites is 2. The number of phenols is 1. The number of carbonyl (C=O) groups is 1. The van der Waals surface area contributed by atoms with E-state index in [2.05, 4.69) is 15.5 Å². The van der Waals surface area contributed by atoms with Crippen molar-refractivity contribution in [3.8, 4) is 22.8 Å². The van der Waals surface area contributed by atoms with Gasteiger partial charge in [-0.05, 0) is 56.3 Å². The first-order chi connectivity index (χ1) is 18.0. The quantitative estimate of drug-likeness (QED) is 0.295. The molecule has 2 N–H and O–H groups in total. The molecule has 0 aliphatic rings. The van der Waals surface area contributed by atoms with E-state index in [0.29, 0.717) is 35.3 Å². The Balaban J connectivity index is 1.39. The third-order valence-electron chi connectivity index (χ3n) is 6.06. The van der Waals surface area contributed by atoms with Crippen LogP contribution in [-0.4, -0.2) is 40.7 Å². The maximum Gasteiger partial charge on any atom is 0.329 e. The van der Waals surface area contributed by atoms with Gasteiger partial charge in [-0.15, -0.1) is 10.2 Å². The average molecular weight is 515 g/mol. The van der Waals surface area contributed by atoms with Crippen LogP contribution in [0.15, 0.2) is 82.7 Å². The number of aromatic hydroxyl groups is 1. The van der Waals surface area contributed by atoms with Crippen molar-refractivity contribution in [2.75, 3.05) is 11.1 Å². The number of carbonyl (C=O) groups excluding carboxylic acids is 1. The molecule has 0 atom stereocenters. The van der Waals surface area contributed by atoms with Crippen molar-refractivity contribution in [1.82, 2.24) is 23.9 Å². The zero-order valence-electron chi connectivity index (χ0n) is 20.5. The van der Waals surface area contributed by atoms with Gasteiger partial charge in [-0.3, -0.25) is 18.5 Å². The van der Waals surface area contributed by atoms with Gasteiger partial charge in [0.1, 0.15) is 5.75 Å². The fraction of sp³-hybridized carbons (Fsp3) is 0.185. The zero-order valence-corrected chi connectivity index (χ0v) is 21.3. The van der Waals surface area contributed by atoms with Gasteiger partial charge >= 0.3 is 5.69 Å². The Morgan fingerprint density at radius 3 is 2.35 bits per heavy atom. The standard InChI is InChI=1S/C27H26N6O3S/c1-3-31-21-15-14-18(16-22(21)32(4-2)27(31)36)28-24(35)17-37-26-30-29-25(20-12-8-9-13-23(20)34)33(26)19-10-6-5-7-11-19/h5-16,34H,3-4,17H2,1-2H3,(H,28,35). The molecule has 1 amide bonds. The molecule has 5 rings (SSSR count). The van der Waals surface area contributed by atoms with Crippen LogP contribution in [0.5, 0.6) is 5.75 Å². The number of aromatic nitrogens is 5. The first kappa shape index (κ1) is 24.4. The van der Waals surface area contributed by atoms with E-state index in [-0.39, 0.29) is 23.1 Å². The van der Waals surface area contributed by atoms with Crippen molar-refractivity contribution in [2.45, 2.75) is 32.1 Å². The van der Waals surface area contributed by atoms with Gasteiger partial charge in [-0.25, -0.2) is 4.79 Å². The predicted molar refractivity (Wildman–Crippen MR) is 145 cm³/mol. The Labute approximate surface area is 217 Å². The maximum atomic E-state index is 12.9. The molecule has 10 heteroatoms. The number of anilines is 1. The second-order valence-electron chi connectivity index (χ2n) is 8.31. The van der Waals surface area contributed by atoms with E-state index in [4.69, 9.17) is 0 Å². The third-order valence-corrected chi connectivity index (χ3v) is 6.99. The molecular formula is C27H26N6O3S. The molecular weight excluding hydrogens is 488 g/mol. The minimum absolute atomic E-state index is 0.0560. The highest BCUT2D eigenvalue weighted by molar-refractivity contribution is 7.99. The first-order valence-corrected chi connectivity index (χ1v) is 12.9. The summed E-state index contributed by atoms with van der Waals surface area (Å²) >= 11 is 1.25. The molecule has 37 heavy (non-hydrogen) atoms. The summed E-state index contributed by atoms with van der Waals surface area (Å²) in [7, 11) is 0. The van der Waals surface area contributed by atoms with Crippen LogP contribution in [-0.2, 0) is 17.9 Å². The molecule has 9 nitrogen and oxygen atoms in total. The second kappa shape index (κ2) is 10.4. The van der Waals surface area contributed by atoms with Crippen LogP contribution in [0.2, 0.25) is 0 Å². The Morgan fingerprint density at radius 2 is 1.62 bits per heavy atom. The van der Waals surface area contributed by atoms with Gasteiger partial charge in [-0.2, -0.15) is 0 Å². The number of hydrogen-bond acceptors (Lipinski definition) is 6. The Bertz CT molecular complexity index is 1640. The lowest BCUT2D eigenvalue weighted by Gasteiger charge is -2.11. The van der Waals surface area contributed by atoms with Crippen molar-refractivity contribution >= 4 is 34.4 Å². The van der Waals surface area contributed by atoms with E-state index < -0.39 is 0 Å². The summed E-state index contributed by atoms with van der Waals surface area (Å²) in [5, 5.41) is 22.5. The van der Waals surface area contributed by atoms with E-state index in [9.17, 15) is 14.7 Å². The molecule has 0 aliphatic heterocycles. The fourth-order valence-electron chi connectivity index (χ4n) is 4.35. The van der Waals surface area contributed by atoms with E-state index in [1.807, 2.05) is 66.9 Å². The number of phenolic OH excluding ortho intramolecular Hbond substituents is 1. The number of nitrogens with zero attached hydrogens (tertiary/aromatic N) is 5. The molecule has 2 heterocycles. The predicted octanol–water partition coefficient (Wildman–Crippen LogP) is 4.53. The van der Waals surface area contributed by atoms with E-state index in [1.54, 1.807) is 33.4 Å². The minimum Gasteiger partial charge on any atom is -0.507 e. The highest BCUT2D eigenvalue weighted by Gasteiger charge is 2.19. The molecule has 0 spiro atoms. The minimum atomic E-state index is -0.212. The van der Waals surface area contributed by atoms with Crippen LogP contribution < -0.4 is 11.0 Å². The van der Waals surface area contributed by atoms with Gasteiger partial charge in [0.15, 0.2) is 11.0 Å². The summed E-state index contributed by atoms with van der Waals surface area (Å²) in [4.78, 5) is 25.5. The highest BCUT2D eigenvalue weighted by atomic mass is 32.2. The summed E-state index contributed by atoms with van der Waals surface area (Å²) in [6.07, 6.45) is 0. The van der Waals surface area contributed by atoms with Crippen molar-refractivity contribution in [2.24, 2.45) is 0 Å². The number of fused-ring (bicyclic) bond motifs is 1. The lowest BCUT2D eigenvalue weighted by molar-refractivity contribution is -0.113. The van der Waals surface area contributed by atoms with Crippen molar-refractivity contribution in [3.05, 3.63) is 83.3 Å². The fourth-order valence-corrected chi connectivity index (χ4v) is 5.10. The molecule has 0 saturated heterocycles. The lowest BCUT2D eigenvalue weighted by atomic mass is 10.2. The molecule has 0 saturated carbocycles. The number of rotatable bonds is 8. The summed E-state index contributed by atoms with van der Waals surface area (Å²) in [5.74, 6) is 0.464. The molecule has 0 unspecified atom stereocenters. The summed E-state index contributed by atoms with van der Waals surface area (Å²) in [5.41, 5.74) is 3.55. The van der Waals surface area contributed by atoms with Crippen LogP contribution >= 0.6 is 11.8 Å². The second-order valence-corrected chi connectivity index (χ2v) is 9.25. The molecule has 188 valence electrons. The van der Waals surface area contributed by atoms with Crippen molar-refractivity contribution < 1.29 is 9.90 Å².